The molecule has 2 aromatic rings. The first-order chi connectivity index (χ1) is 12.2. The minimum Gasteiger partial charge on any atom is -0.476 e. The zero-order valence-electron chi connectivity index (χ0n) is 14.4. The molecule has 3 heterocycles. The molecule has 25 heavy (non-hydrogen) atoms. The van der Waals surface area contributed by atoms with E-state index in [0.29, 0.717) is 30.4 Å². The average molecular weight is 341 g/mol. The van der Waals surface area contributed by atoms with E-state index in [0.717, 1.165) is 18.9 Å². The third kappa shape index (κ3) is 4.89. The van der Waals surface area contributed by atoms with Gasteiger partial charge in [-0.25, -0.2) is 4.98 Å². The molecule has 7 nitrogen and oxygen atoms in total. The quantitative estimate of drug-likeness (QED) is 0.809. The number of aryl methyl sites for hydroxylation is 1. The van der Waals surface area contributed by atoms with E-state index in [-0.39, 0.29) is 5.91 Å². The zero-order chi connectivity index (χ0) is 17.5. The number of carbonyl (C=O) groups is 1. The number of rotatable bonds is 6. The van der Waals surface area contributed by atoms with Crippen molar-refractivity contribution in [2.45, 2.75) is 26.2 Å². The minimum atomic E-state index is -0.140. The Kier molecular flexibility index (Phi) is 5.77. The summed E-state index contributed by atoms with van der Waals surface area (Å²) in [5.74, 6) is 2.02. The van der Waals surface area contributed by atoms with Crippen molar-refractivity contribution in [3.05, 3.63) is 42.0 Å². The minimum absolute atomic E-state index is 0.140. The molecule has 0 unspecified atom stereocenters. The number of pyridine rings is 1. The second-order valence-electron chi connectivity index (χ2n) is 6.00. The number of aromatic nitrogens is 3. The van der Waals surface area contributed by atoms with Crippen LogP contribution in [0, 0.1) is 6.92 Å². The molecule has 0 saturated carbocycles. The molecule has 1 N–H and O–H groups in total. The van der Waals surface area contributed by atoms with Crippen LogP contribution in [0.1, 0.15) is 35.4 Å². The number of amides is 1. The Labute approximate surface area is 147 Å². The zero-order valence-corrected chi connectivity index (χ0v) is 14.4. The maximum absolute atomic E-state index is 11.9. The normalized spacial score (nSPS) is 14.2. The lowest BCUT2D eigenvalue weighted by molar-refractivity contribution is 0.0946. The smallest absolute Gasteiger partial charge is 0.251 e. The van der Waals surface area contributed by atoms with Gasteiger partial charge in [-0.05, 0) is 38.3 Å². The number of nitrogens with one attached hydrogen (secondary N) is 1. The fraction of sp³-hybridized carbons (Fsp3) is 0.444. The second kappa shape index (κ2) is 8.41. The summed E-state index contributed by atoms with van der Waals surface area (Å²) >= 11 is 0. The molecule has 1 saturated heterocycles. The van der Waals surface area contributed by atoms with E-state index in [2.05, 4.69) is 25.2 Å². The number of piperidine rings is 1. The van der Waals surface area contributed by atoms with Crippen molar-refractivity contribution in [3.8, 4) is 5.88 Å². The van der Waals surface area contributed by atoms with Crippen LogP contribution in [0.4, 0.5) is 5.82 Å². The summed E-state index contributed by atoms with van der Waals surface area (Å²) in [6.45, 7) is 4.68. The van der Waals surface area contributed by atoms with Gasteiger partial charge in [-0.15, -0.1) is 0 Å². The molecule has 0 spiro atoms. The summed E-state index contributed by atoms with van der Waals surface area (Å²) in [6.07, 6.45) is 6.86. The van der Waals surface area contributed by atoms with Crippen LogP contribution in [0.3, 0.4) is 0 Å². The first-order valence-electron chi connectivity index (χ1n) is 8.64. The average Bonchev–Trinajstić information content (AvgIpc) is 2.66. The van der Waals surface area contributed by atoms with Gasteiger partial charge in [0, 0.05) is 37.1 Å². The van der Waals surface area contributed by atoms with Gasteiger partial charge in [-0.1, -0.05) is 0 Å². The highest BCUT2D eigenvalue weighted by atomic mass is 16.5. The van der Waals surface area contributed by atoms with Crippen molar-refractivity contribution in [1.29, 1.82) is 0 Å². The van der Waals surface area contributed by atoms with E-state index in [1.807, 2.05) is 13.0 Å². The Balaban J connectivity index is 1.51. The van der Waals surface area contributed by atoms with Crippen LogP contribution in [-0.4, -0.2) is 47.1 Å². The highest BCUT2D eigenvalue weighted by Crippen LogP contribution is 2.21. The fourth-order valence-electron chi connectivity index (χ4n) is 2.81. The Morgan fingerprint density at radius 2 is 1.96 bits per heavy atom. The lowest BCUT2D eigenvalue weighted by Crippen LogP contribution is -2.30. The lowest BCUT2D eigenvalue weighted by atomic mass is 10.1. The largest absolute Gasteiger partial charge is 0.476 e. The molecular weight excluding hydrogens is 318 g/mol. The SMILES string of the molecule is Cc1nc(OCCNC(=O)c2ccncc2)cc(N2CCCCC2)n1. The van der Waals surface area contributed by atoms with Crippen molar-refractivity contribution in [3.63, 3.8) is 0 Å². The van der Waals surface area contributed by atoms with Gasteiger partial charge >= 0.3 is 0 Å². The third-order valence-corrected chi connectivity index (χ3v) is 4.06. The van der Waals surface area contributed by atoms with Gasteiger partial charge in [0.05, 0.1) is 6.54 Å². The van der Waals surface area contributed by atoms with Gasteiger partial charge in [-0.3, -0.25) is 9.78 Å². The number of carbonyl (C=O) groups excluding carboxylic acids is 1. The molecular formula is C18H23N5O2. The summed E-state index contributed by atoms with van der Waals surface area (Å²) in [5.41, 5.74) is 0.584. The third-order valence-electron chi connectivity index (χ3n) is 4.06. The Morgan fingerprint density at radius 1 is 1.20 bits per heavy atom. The molecule has 132 valence electrons. The standard InChI is InChI=1S/C18H23N5O2/c1-14-21-16(23-10-3-2-4-11-23)13-17(22-14)25-12-9-20-18(24)15-5-7-19-8-6-15/h5-8,13H,2-4,9-12H2,1H3,(H,20,24). The van der Waals surface area contributed by atoms with E-state index in [1.54, 1.807) is 24.5 Å². The molecule has 0 radical (unpaired) electrons. The predicted octanol–water partition coefficient (Wildman–Crippen LogP) is 1.98. The number of nitrogens with zero attached hydrogens (tertiary/aromatic N) is 4. The predicted molar refractivity (Wildman–Crippen MR) is 94.9 cm³/mol. The molecule has 0 aliphatic carbocycles. The number of ether oxygens (including phenoxy) is 1. The molecule has 3 rings (SSSR count). The van der Waals surface area contributed by atoms with Gasteiger partial charge in [-0.2, -0.15) is 4.98 Å². The Morgan fingerprint density at radius 3 is 2.72 bits per heavy atom. The van der Waals surface area contributed by atoms with Crippen LogP contribution in [0.15, 0.2) is 30.6 Å². The van der Waals surface area contributed by atoms with E-state index in [4.69, 9.17) is 4.74 Å². The van der Waals surface area contributed by atoms with Crippen molar-refractivity contribution in [2.75, 3.05) is 31.1 Å². The van der Waals surface area contributed by atoms with Crippen LogP contribution in [0.25, 0.3) is 0 Å². The molecule has 7 heteroatoms. The van der Waals surface area contributed by atoms with E-state index in [9.17, 15) is 4.79 Å². The number of anilines is 1. The first kappa shape index (κ1) is 17.1. The van der Waals surface area contributed by atoms with Gasteiger partial charge < -0.3 is 15.0 Å². The molecule has 0 atom stereocenters. The highest BCUT2D eigenvalue weighted by Gasteiger charge is 2.14. The summed E-state index contributed by atoms with van der Waals surface area (Å²) in [6, 6.07) is 5.23. The summed E-state index contributed by atoms with van der Waals surface area (Å²) in [4.78, 5) is 26.9. The highest BCUT2D eigenvalue weighted by molar-refractivity contribution is 5.93. The summed E-state index contributed by atoms with van der Waals surface area (Å²) in [5, 5.41) is 2.82. The van der Waals surface area contributed by atoms with Gasteiger partial charge in [0.25, 0.3) is 5.91 Å². The molecule has 0 aromatic carbocycles. The molecule has 0 bridgehead atoms. The number of hydrogen-bond acceptors (Lipinski definition) is 6. The van der Waals surface area contributed by atoms with E-state index in [1.165, 1.54) is 19.3 Å². The Hall–Kier alpha value is -2.70. The molecule has 1 aliphatic heterocycles. The first-order valence-corrected chi connectivity index (χ1v) is 8.64. The number of hydrogen-bond donors (Lipinski definition) is 1. The maximum Gasteiger partial charge on any atom is 0.251 e. The summed E-state index contributed by atoms with van der Waals surface area (Å²) in [7, 11) is 0. The van der Waals surface area contributed by atoms with Crippen LogP contribution >= 0.6 is 0 Å². The van der Waals surface area contributed by atoms with E-state index < -0.39 is 0 Å². The lowest BCUT2D eigenvalue weighted by Gasteiger charge is -2.28. The fourth-order valence-corrected chi connectivity index (χ4v) is 2.81. The molecule has 2 aromatic heterocycles. The van der Waals surface area contributed by atoms with Crippen LogP contribution in [-0.2, 0) is 0 Å². The second-order valence-corrected chi connectivity index (χ2v) is 6.00. The van der Waals surface area contributed by atoms with E-state index >= 15 is 0 Å². The Bertz CT molecular complexity index is 702. The van der Waals surface area contributed by atoms with Gasteiger partial charge in [0.15, 0.2) is 0 Å². The molecule has 1 aliphatic rings. The molecule has 1 amide bonds. The topological polar surface area (TPSA) is 80.2 Å². The maximum atomic E-state index is 11.9. The summed E-state index contributed by atoms with van der Waals surface area (Å²) < 4.78 is 5.70. The van der Waals surface area contributed by atoms with Crippen molar-refractivity contribution < 1.29 is 9.53 Å². The monoisotopic (exact) mass is 341 g/mol. The van der Waals surface area contributed by atoms with Crippen LogP contribution < -0.4 is 15.0 Å². The molecule has 1 fully saturated rings. The van der Waals surface area contributed by atoms with Crippen LogP contribution in [0.5, 0.6) is 5.88 Å². The van der Waals surface area contributed by atoms with Crippen molar-refractivity contribution >= 4 is 11.7 Å². The van der Waals surface area contributed by atoms with Crippen molar-refractivity contribution in [2.24, 2.45) is 0 Å². The van der Waals surface area contributed by atoms with Crippen molar-refractivity contribution in [1.82, 2.24) is 20.3 Å². The van der Waals surface area contributed by atoms with Gasteiger partial charge in [0.1, 0.15) is 18.2 Å². The van der Waals surface area contributed by atoms with Crippen LogP contribution in [0.2, 0.25) is 0 Å². The van der Waals surface area contributed by atoms with Gasteiger partial charge in [0.2, 0.25) is 5.88 Å².